The smallest absolute Gasteiger partial charge is 0.358 e. The molecule has 90 valence electrons. The van der Waals surface area contributed by atoms with E-state index in [-0.39, 0.29) is 11.5 Å². The van der Waals surface area contributed by atoms with Crippen molar-refractivity contribution in [2.45, 2.75) is 0 Å². The summed E-state index contributed by atoms with van der Waals surface area (Å²) in [5.41, 5.74) is 0.447. The summed E-state index contributed by atoms with van der Waals surface area (Å²) in [6, 6.07) is 5.30. The Morgan fingerprint density at radius 1 is 1.39 bits per heavy atom. The van der Waals surface area contributed by atoms with E-state index in [0.29, 0.717) is 11.5 Å². The van der Waals surface area contributed by atoms with Crippen LogP contribution >= 0.6 is 11.3 Å². The van der Waals surface area contributed by atoms with E-state index >= 15 is 0 Å². The zero-order chi connectivity index (χ0) is 12.5. The van der Waals surface area contributed by atoms with E-state index in [1.807, 2.05) is 17.5 Å². The Balaban J connectivity index is 2.16. The van der Waals surface area contributed by atoms with Crippen LogP contribution in [0.15, 0.2) is 44.9 Å². The van der Waals surface area contributed by atoms with Gasteiger partial charge in [0.15, 0.2) is 11.5 Å². The average Bonchev–Trinajstić information content (AvgIpc) is 3.10. The number of thiophene rings is 1. The largest absolute Gasteiger partial charge is 0.476 e. The van der Waals surface area contributed by atoms with Crippen LogP contribution in [0.1, 0.15) is 10.5 Å². The minimum atomic E-state index is -1.13. The quantitative estimate of drug-likeness (QED) is 0.782. The minimum absolute atomic E-state index is 0.111. The van der Waals surface area contributed by atoms with E-state index in [0.717, 1.165) is 4.88 Å². The van der Waals surface area contributed by atoms with Crippen molar-refractivity contribution < 1.29 is 18.7 Å². The summed E-state index contributed by atoms with van der Waals surface area (Å²) in [7, 11) is 0. The minimum Gasteiger partial charge on any atom is -0.476 e. The van der Waals surface area contributed by atoms with Gasteiger partial charge in [-0.25, -0.2) is 9.78 Å². The Bertz CT molecular complexity index is 667. The van der Waals surface area contributed by atoms with Gasteiger partial charge in [0.1, 0.15) is 6.26 Å². The van der Waals surface area contributed by atoms with Gasteiger partial charge in [-0.05, 0) is 17.5 Å². The number of hydrogen-bond acceptors (Lipinski definition) is 5. The molecule has 0 saturated carbocycles. The fourth-order valence-electron chi connectivity index (χ4n) is 1.56. The summed E-state index contributed by atoms with van der Waals surface area (Å²) in [6.45, 7) is 0. The van der Waals surface area contributed by atoms with Crippen molar-refractivity contribution in [3.63, 3.8) is 0 Å². The molecule has 0 unspecified atom stereocenters. The van der Waals surface area contributed by atoms with E-state index in [2.05, 4.69) is 4.98 Å². The SMILES string of the molecule is O=C(O)c1nc(-c2cccs2)oc1-c1ccoc1. The number of nitrogens with zero attached hydrogens (tertiary/aromatic N) is 1. The van der Waals surface area contributed by atoms with Crippen molar-refractivity contribution >= 4 is 17.3 Å². The van der Waals surface area contributed by atoms with Crippen molar-refractivity contribution in [3.8, 4) is 22.1 Å². The van der Waals surface area contributed by atoms with Crippen LogP contribution in [0.5, 0.6) is 0 Å². The number of hydrogen-bond donors (Lipinski definition) is 1. The lowest BCUT2D eigenvalue weighted by Crippen LogP contribution is -1.98. The van der Waals surface area contributed by atoms with Crippen LogP contribution in [0.4, 0.5) is 0 Å². The lowest BCUT2D eigenvalue weighted by molar-refractivity contribution is 0.0691. The van der Waals surface area contributed by atoms with E-state index in [1.54, 1.807) is 6.07 Å². The fourth-order valence-corrected chi connectivity index (χ4v) is 2.21. The van der Waals surface area contributed by atoms with Gasteiger partial charge in [0.05, 0.1) is 16.7 Å². The van der Waals surface area contributed by atoms with Crippen LogP contribution in [0, 0.1) is 0 Å². The van der Waals surface area contributed by atoms with Crippen molar-refractivity contribution in [1.29, 1.82) is 0 Å². The van der Waals surface area contributed by atoms with Gasteiger partial charge in [-0.3, -0.25) is 0 Å². The van der Waals surface area contributed by atoms with Crippen LogP contribution in [0.3, 0.4) is 0 Å². The monoisotopic (exact) mass is 261 g/mol. The summed E-state index contributed by atoms with van der Waals surface area (Å²) in [6.07, 6.45) is 2.87. The Kier molecular flexibility index (Phi) is 2.49. The van der Waals surface area contributed by atoms with Crippen LogP contribution < -0.4 is 0 Å². The number of rotatable bonds is 3. The van der Waals surface area contributed by atoms with Gasteiger partial charge >= 0.3 is 5.97 Å². The molecule has 0 bridgehead atoms. The molecule has 0 aliphatic rings. The van der Waals surface area contributed by atoms with Gasteiger partial charge in [0, 0.05) is 0 Å². The molecule has 0 aliphatic heterocycles. The zero-order valence-corrected chi connectivity index (χ0v) is 9.81. The first kappa shape index (κ1) is 10.8. The zero-order valence-electron chi connectivity index (χ0n) is 8.99. The molecule has 0 aliphatic carbocycles. The van der Waals surface area contributed by atoms with Gasteiger partial charge in [-0.1, -0.05) is 6.07 Å². The number of oxazole rings is 1. The fraction of sp³-hybridized carbons (Fsp3) is 0. The van der Waals surface area contributed by atoms with Gasteiger partial charge in [-0.15, -0.1) is 11.3 Å². The number of aromatic nitrogens is 1. The van der Waals surface area contributed by atoms with Crippen molar-refractivity contribution in [1.82, 2.24) is 4.98 Å². The third kappa shape index (κ3) is 1.72. The van der Waals surface area contributed by atoms with Crippen LogP contribution in [-0.2, 0) is 0 Å². The lowest BCUT2D eigenvalue weighted by Gasteiger charge is -1.90. The van der Waals surface area contributed by atoms with Gasteiger partial charge in [0.2, 0.25) is 5.89 Å². The third-order valence-electron chi connectivity index (χ3n) is 2.35. The number of carbonyl (C=O) groups is 1. The second kappa shape index (κ2) is 4.15. The predicted molar refractivity (Wildman–Crippen MR) is 64.5 cm³/mol. The summed E-state index contributed by atoms with van der Waals surface area (Å²) in [5, 5.41) is 11.0. The van der Waals surface area contributed by atoms with Gasteiger partial charge in [-0.2, -0.15) is 0 Å². The first-order valence-corrected chi connectivity index (χ1v) is 5.94. The second-order valence-corrected chi connectivity index (χ2v) is 4.44. The lowest BCUT2D eigenvalue weighted by atomic mass is 10.2. The Hall–Kier alpha value is -2.34. The number of aromatic carboxylic acids is 1. The number of carboxylic acid groups (broad SMARTS) is 1. The van der Waals surface area contributed by atoms with Gasteiger partial charge in [0.25, 0.3) is 0 Å². The number of carboxylic acids is 1. The molecule has 0 saturated heterocycles. The topological polar surface area (TPSA) is 76.5 Å². The van der Waals surface area contributed by atoms with Crippen LogP contribution in [0.2, 0.25) is 0 Å². The highest BCUT2D eigenvalue weighted by Gasteiger charge is 2.22. The maximum atomic E-state index is 11.2. The molecule has 0 amide bonds. The molecule has 0 fully saturated rings. The maximum absolute atomic E-state index is 11.2. The predicted octanol–water partition coefficient (Wildman–Crippen LogP) is 3.36. The summed E-state index contributed by atoms with van der Waals surface area (Å²) in [4.78, 5) is 15.9. The van der Waals surface area contributed by atoms with Gasteiger partial charge < -0.3 is 13.9 Å². The molecule has 18 heavy (non-hydrogen) atoms. The molecular weight excluding hydrogens is 254 g/mol. The second-order valence-electron chi connectivity index (χ2n) is 3.49. The van der Waals surface area contributed by atoms with E-state index in [4.69, 9.17) is 13.9 Å². The first-order valence-electron chi connectivity index (χ1n) is 5.06. The standard InChI is InChI=1S/C12H7NO4S/c14-12(15)9-10(7-3-4-16-6-7)17-11(13-9)8-2-1-5-18-8/h1-6H,(H,14,15). The first-order chi connectivity index (χ1) is 8.75. The van der Waals surface area contributed by atoms with Crippen LogP contribution in [-0.4, -0.2) is 16.1 Å². The normalized spacial score (nSPS) is 10.7. The molecule has 0 spiro atoms. The highest BCUT2D eigenvalue weighted by Crippen LogP contribution is 2.32. The molecule has 3 aromatic heterocycles. The Labute approximate surface area is 105 Å². The highest BCUT2D eigenvalue weighted by molar-refractivity contribution is 7.13. The Morgan fingerprint density at radius 3 is 2.89 bits per heavy atom. The van der Waals surface area contributed by atoms with Crippen molar-refractivity contribution in [2.24, 2.45) is 0 Å². The highest BCUT2D eigenvalue weighted by atomic mass is 32.1. The molecule has 3 aromatic rings. The van der Waals surface area contributed by atoms with E-state index < -0.39 is 5.97 Å². The molecule has 1 N–H and O–H groups in total. The van der Waals surface area contributed by atoms with Crippen LogP contribution in [0.25, 0.3) is 22.1 Å². The maximum Gasteiger partial charge on any atom is 0.358 e. The summed E-state index contributed by atoms with van der Waals surface area (Å²) >= 11 is 1.43. The van der Waals surface area contributed by atoms with E-state index in [1.165, 1.54) is 23.9 Å². The molecule has 5 nitrogen and oxygen atoms in total. The summed E-state index contributed by atoms with van der Waals surface area (Å²) in [5.74, 6) is -0.615. The van der Waals surface area contributed by atoms with Crippen molar-refractivity contribution in [2.75, 3.05) is 0 Å². The molecule has 3 heterocycles. The Morgan fingerprint density at radius 2 is 2.28 bits per heavy atom. The molecule has 0 aromatic carbocycles. The summed E-state index contributed by atoms with van der Waals surface area (Å²) < 4.78 is 10.4. The molecule has 0 radical (unpaired) electrons. The number of furan rings is 1. The average molecular weight is 261 g/mol. The molecular formula is C12H7NO4S. The molecule has 6 heteroatoms. The molecule has 3 rings (SSSR count). The molecule has 0 atom stereocenters. The van der Waals surface area contributed by atoms with Crippen molar-refractivity contribution in [3.05, 3.63) is 41.8 Å². The third-order valence-corrected chi connectivity index (χ3v) is 3.20. The van der Waals surface area contributed by atoms with E-state index in [9.17, 15) is 4.79 Å².